The second-order valence-electron chi connectivity index (χ2n) is 7.18. The Bertz CT molecular complexity index is 880. The average molecular weight is 364 g/mol. The third kappa shape index (κ3) is 3.64. The molecule has 1 N–H and O–H groups in total. The highest BCUT2D eigenvalue weighted by molar-refractivity contribution is 5.89. The highest BCUT2D eigenvalue weighted by atomic mass is 19.1. The van der Waals surface area contributed by atoms with E-state index in [1.165, 1.54) is 6.07 Å². The van der Waals surface area contributed by atoms with Gasteiger partial charge in [-0.25, -0.2) is 9.18 Å². The molecule has 2 fully saturated rings. The monoisotopic (exact) mass is 364 g/mol. The molecular formula is C21H21FN4O. The van der Waals surface area contributed by atoms with E-state index < -0.39 is 5.82 Å². The summed E-state index contributed by atoms with van der Waals surface area (Å²) in [6.45, 7) is 2.05. The molecule has 0 aromatic heterocycles. The fourth-order valence-electron chi connectivity index (χ4n) is 4.12. The molecule has 2 aliphatic heterocycles. The zero-order chi connectivity index (χ0) is 18.8. The zero-order valence-corrected chi connectivity index (χ0v) is 14.9. The van der Waals surface area contributed by atoms with Gasteiger partial charge in [-0.3, -0.25) is 4.90 Å². The number of nitrogens with zero attached hydrogens (tertiary/aromatic N) is 3. The Morgan fingerprint density at radius 3 is 2.59 bits per heavy atom. The summed E-state index contributed by atoms with van der Waals surface area (Å²) in [7, 11) is 0. The van der Waals surface area contributed by atoms with Gasteiger partial charge in [0.25, 0.3) is 0 Å². The van der Waals surface area contributed by atoms with Crippen LogP contribution in [0.15, 0.2) is 48.5 Å². The molecule has 0 aliphatic carbocycles. The summed E-state index contributed by atoms with van der Waals surface area (Å²) in [6, 6.07) is 16.4. The van der Waals surface area contributed by atoms with E-state index in [1.54, 1.807) is 23.1 Å². The molecule has 5 nitrogen and oxygen atoms in total. The second kappa shape index (κ2) is 7.37. The number of para-hydroxylation sites is 1. The Morgan fingerprint density at radius 1 is 1.15 bits per heavy atom. The maximum absolute atomic E-state index is 13.8. The lowest BCUT2D eigenvalue weighted by Gasteiger charge is -2.41. The highest BCUT2D eigenvalue weighted by Crippen LogP contribution is 2.32. The molecule has 0 saturated carbocycles. The summed E-state index contributed by atoms with van der Waals surface area (Å²) in [5.74, 6) is -0.426. The average Bonchev–Trinajstić information content (AvgIpc) is 2.91. The number of likely N-dealkylation sites (tertiary alicyclic amines) is 1. The number of nitriles is 1. The van der Waals surface area contributed by atoms with Crippen LogP contribution in [0.1, 0.15) is 24.0 Å². The number of hydrogen-bond acceptors (Lipinski definition) is 3. The first-order valence-electron chi connectivity index (χ1n) is 9.19. The minimum Gasteiger partial charge on any atom is -0.321 e. The molecule has 2 atom stereocenters. The van der Waals surface area contributed by atoms with Crippen LogP contribution in [0.3, 0.4) is 0 Å². The first kappa shape index (κ1) is 17.5. The van der Waals surface area contributed by atoms with E-state index >= 15 is 0 Å². The molecule has 6 heteroatoms. The van der Waals surface area contributed by atoms with E-state index in [2.05, 4.69) is 16.3 Å². The minimum absolute atomic E-state index is 0.214. The van der Waals surface area contributed by atoms with Crippen molar-refractivity contribution >= 4 is 11.7 Å². The number of fused-ring (bicyclic) bond motifs is 2. The van der Waals surface area contributed by atoms with Gasteiger partial charge in [-0.15, -0.1) is 0 Å². The van der Waals surface area contributed by atoms with Gasteiger partial charge in [0.05, 0.1) is 17.3 Å². The number of halogens is 1. The molecule has 138 valence electrons. The summed E-state index contributed by atoms with van der Waals surface area (Å²) < 4.78 is 13.8. The fourth-order valence-corrected chi connectivity index (χ4v) is 4.12. The maximum atomic E-state index is 13.8. The normalized spacial score (nSPS) is 21.7. The molecule has 2 aromatic rings. The minimum atomic E-state index is -0.426. The van der Waals surface area contributed by atoms with Crippen LogP contribution in [0.2, 0.25) is 0 Å². The lowest BCUT2D eigenvalue weighted by molar-refractivity contribution is 0.0812. The van der Waals surface area contributed by atoms with Crippen LogP contribution >= 0.6 is 0 Å². The van der Waals surface area contributed by atoms with E-state index in [4.69, 9.17) is 5.26 Å². The van der Waals surface area contributed by atoms with Crippen molar-refractivity contribution in [1.82, 2.24) is 9.80 Å². The predicted molar refractivity (Wildman–Crippen MR) is 101 cm³/mol. The quantitative estimate of drug-likeness (QED) is 0.906. The number of nitrogens with one attached hydrogen (secondary N) is 1. The van der Waals surface area contributed by atoms with Gasteiger partial charge in [-0.05, 0) is 42.7 Å². The van der Waals surface area contributed by atoms with Crippen LogP contribution in [0.25, 0.3) is 0 Å². The van der Waals surface area contributed by atoms with Crippen LogP contribution in [0.4, 0.5) is 14.9 Å². The maximum Gasteiger partial charge on any atom is 0.322 e. The summed E-state index contributed by atoms with van der Waals surface area (Å²) in [5, 5.41) is 11.8. The van der Waals surface area contributed by atoms with Crippen molar-refractivity contribution in [2.24, 2.45) is 0 Å². The summed E-state index contributed by atoms with van der Waals surface area (Å²) in [6.07, 6.45) is 2.10. The Kier molecular flexibility index (Phi) is 4.78. The van der Waals surface area contributed by atoms with Crippen LogP contribution < -0.4 is 5.32 Å². The number of rotatable bonds is 3. The van der Waals surface area contributed by atoms with Gasteiger partial charge in [-0.2, -0.15) is 5.26 Å². The van der Waals surface area contributed by atoms with Crippen molar-refractivity contribution in [3.63, 3.8) is 0 Å². The molecule has 2 bridgehead atoms. The van der Waals surface area contributed by atoms with E-state index in [0.717, 1.165) is 24.9 Å². The first-order chi connectivity index (χ1) is 13.1. The molecule has 4 rings (SSSR count). The number of carbonyl (C=O) groups excluding carboxylic acids is 1. The van der Waals surface area contributed by atoms with Crippen molar-refractivity contribution in [2.45, 2.75) is 31.5 Å². The number of benzene rings is 2. The number of amides is 2. The number of anilines is 1. The largest absolute Gasteiger partial charge is 0.322 e. The lowest BCUT2D eigenvalue weighted by Crippen LogP contribution is -2.55. The van der Waals surface area contributed by atoms with Crippen LogP contribution in [0.5, 0.6) is 0 Å². The Hall–Kier alpha value is -2.91. The topological polar surface area (TPSA) is 59.4 Å². The van der Waals surface area contributed by atoms with Gasteiger partial charge in [0.15, 0.2) is 0 Å². The lowest BCUT2D eigenvalue weighted by atomic mass is 10.1. The molecule has 2 saturated heterocycles. The number of piperazine rings is 1. The smallest absolute Gasteiger partial charge is 0.321 e. The van der Waals surface area contributed by atoms with Crippen LogP contribution in [-0.4, -0.2) is 41.0 Å². The van der Waals surface area contributed by atoms with Crippen molar-refractivity contribution in [3.8, 4) is 6.07 Å². The summed E-state index contributed by atoms with van der Waals surface area (Å²) in [4.78, 5) is 16.8. The van der Waals surface area contributed by atoms with Gasteiger partial charge in [-0.1, -0.05) is 24.3 Å². The third-order valence-corrected chi connectivity index (χ3v) is 5.46. The molecule has 2 aromatic carbocycles. The van der Waals surface area contributed by atoms with Gasteiger partial charge in [0.1, 0.15) is 5.82 Å². The molecule has 0 spiro atoms. The highest BCUT2D eigenvalue weighted by Gasteiger charge is 2.41. The fraction of sp³-hybridized carbons (Fsp3) is 0.333. The van der Waals surface area contributed by atoms with Crippen molar-refractivity contribution in [2.75, 3.05) is 18.4 Å². The number of carbonyl (C=O) groups is 1. The summed E-state index contributed by atoms with van der Waals surface area (Å²) >= 11 is 0. The van der Waals surface area contributed by atoms with Crippen molar-refractivity contribution in [1.29, 1.82) is 5.26 Å². The second-order valence-corrected chi connectivity index (χ2v) is 7.18. The van der Waals surface area contributed by atoms with Crippen LogP contribution in [-0.2, 0) is 6.54 Å². The van der Waals surface area contributed by atoms with E-state index in [-0.39, 0.29) is 11.7 Å². The van der Waals surface area contributed by atoms with E-state index in [0.29, 0.717) is 30.7 Å². The molecular weight excluding hydrogens is 343 g/mol. The molecule has 0 radical (unpaired) electrons. The first-order valence-corrected chi connectivity index (χ1v) is 9.19. The molecule has 27 heavy (non-hydrogen) atoms. The van der Waals surface area contributed by atoms with Gasteiger partial charge < -0.3 is 10.2 Å². The Labute approximate surface area is 158 Å². The van der Waals surface area contributed by atoms with E-state index in [9.17, 15) is 9.18 Å². The van der Waals surface area contributed by atoms with Crippen LogP contribution in [0, 0.1) is 17.1 Å². The van der Waals surface area contributed by atoms with Gasteiger partial charge >= 0.3 is 6.03 Å². The Balaban J connectivity index is 1.42. The summed E-state index contributed by atoms with van der Waals surface area (Å²) in [5.41, 5.74) is 2.00. The van der Waals surface area contributed by atoms with E-state index in [1.807, 2.05) is 24.3 Å². The van der Waals surface area contributed by atoms with Crippen molar-refractivity contribution < 1.29 is 9.18 Å². The third-order valence-electron chi connectivity index (χ3n) is 5.46. The standard InChI is InChI=1S/C21H21FN4O/c22-19-6-1-2-7-20(19)24-21(27)25-13-17-8-9-18(14-25)26(17)12-16-5-3-4-15(10-16)11-23/h1-7,10,17-18H,8-9,12-14H2,(H,24,27). The molecule has 2 amide bonds. The molecule has 2 heterocycles. The van der Waals surface area contributed by atoms with Crippen molar-refractivity contribution in [3.05, 3.63) is 65.5 Å². The molecule has 2 aliphatic rings. The van der Waals surface area contributed by atoms with Gasteiger partial charge in [0, 0.05) is 31.7 Å². The SMILES string of the molecule is N#Cc1cccc(CN2C3CCC2CN(C(=O)Nc2ccccc2F)C3)c1. The Morgan fingerprint density at radius 2 is 1.89 bits per heavy atom. The molecule has 2 unspecified atom stereocenters. The number of urea groups is 1. The zero-order valence-electron chi connectivity index (χ0n) is 14.9. The predicted octanol–water partition coefficient (Wildman–Crippen LogP) is 3.58. The van der Waals surface area contributed by atoms with Gasteiger partial charge in [0.2, 0.25) is 0 Å². The number of hydrogen-bond donors (Lipinski definition) is 1.